The molecule has 1 N–H and O–H groups in total. The molecule has 0 saturated carbocycles. The van der Waals surface area contributed by atoms with Crippen LogP contribution in [0.4, 0.5) is 10.1 Å². The highest BCUT2D eigenvalue weighted by Crippen LogP contribution is 2.42. The van der Waals surface area contributed by atoms with Gasteiger partial charge in [0, 0.05) is 35.5 Å². The van der Waals surface area contributed by atoms with E-state index in [1.54, 1.807) is 25.4 Å². The molecule has 0 bridgehead atoms. The molecule has 0 unspecified atom stereocenters. The maximum absolute atomic E-state index is 13.6. The minimum atomic E-state index is -0.268. The van der Waals surface area contributed by atoms with Gasteiger partial charge in [0.25, 0.3) is 0 Å². The fraction of sp³-hybridized carbons (Fsp3) is 0.120. The molecule has 0 amide bonds. The Morgan fingerprint density at radius 1 is 0.969 bits per heavy atom. The van der Waals surface area contributed by atoms with Gasteiger partial charge in [0.1, 0.15) is 17.6 Å². The van der Waals surface area contributed by atoms with Gasteiger partial charge in [-0.05, 0) is 72.9 Å². The number of hydrogen-bond acceptors (Lipinski definition) is 3. The van der Waals surface area contributed by atoms with Gasteiger partial charge in [0.05, 0.1) is 18.8 Å². The van der Waals surface area contributed by atoms with E-state index in [9.17, 15) is 4.39 Å². The number of nitrogens with one attached hydrogen (secondary N) is 1. The van der Waals surface area contributed by atoms with Gasteiger partial charge in [-0.3, -0.25) is 4.98 Å². The van der Waals surface area contributed by atoms with Crippen LogP contribution in [0.25, 0.3) is 5.69 Å². The summed E-state index contributed by atoms with van der Waals surface area (Å²) in [6.07, 6.45) is 3.76. The van der Waals surface area contributed by atoms with Crippen LogP contribution in [0.3, 0.4) is 0 Å². The summed E-state index contributed by atoms with van der Waals surface area (Å²) in [6.45, 7) is 0. The molecule has 1 saturated heterocycles. The number of pyridine rings is 1. The minimum absolute atomic E-state index is 0.177. The Hall–Kier alpha value is -3.71. The van der Waals surface area contributed by atoms with Crippen molar-refractivity contribution in [2.75, 3.05) is 12.0 Å². The van der Waals surface area contributed by atoms with Crippen LogP contribution in [0.2, 0.25) is 0 Å². The zero-order valence-corrected chi connectivity index (χ0v) is 18.2. The third-order valence-corrected chi connectivity index (χ3v) is 5.93. The van der Waals surface area contributed by atoms with Crippen LogP contribution in [0, 0.1) is 5.82 Å². The lowest BCUT2D eigenvalue weighted by atomic mass is 10.0. The molecule has 0 radical (unpaired) electrons. The Labute approximate surface area is 191 Å². The average Bonchev–Trinajstić information content (AvgIpc) is 3.44. The van der Waals surface area contributed by atoms with E-state index in [0.29, 0.717) is 5.11 Å². The van der Waals surface area contributed by atoms with Gasteiger partial charge in [-0.2, -0.15) is 0 Å². The second-order valence-electron chi connectivity index (χ2n) is 7.48. The number of aromatic nitrogens is 2. The van der Waals surface area contributed by atoms with Gasteiger partial charge in [-0.15, -0.1) is 0 Å². The number of thiocarbonyl (C=S) groups is 1. The van der Waals surface area contributed by atoms with E-state index in [0.717, 1.165) is 28.5 Å². The zero-order chi connectivity index (χ0) is 22.1. The second-order valence-corrected chi connectivity index (χ2v) is 7.86. The van der Waals surface area contributed by atoms with Gasteiger partial charge >= 0.3 is 0 Å². The highest BCUT2D eigenvalue weighted by molar-refractivity contribution is 7.80. The van der Waals surface area contributed by atoms with Crippen molar-refractivity contribution in [3.63, 3.8) is 0 Å². The smallest absolute Gasteiger partial charge is 0.174 e. The summed E-state index contributed by atoms with van der Waals surface area (Å²) in [6, 6.07) is 23.8. The molecule has 7 heteroatoms. The third-order valence-electron chi connectivity index (χ3n) is 5.62. The fourth-order valence-electron chi connectivity index (χ4n) is 4.17. The molecule has 2 aromatic carbocycles. The molecular formula is C25H21FN4OS. The molecule has 0 aliphatic carbocycles. The highest BCUT2D eigenvalue weighted by atomic mass is 32.1. The van der Waals surface area contributed by atoms with Crippen molar-refractivity contribution < 1.29 is 9.13 Å². The third kappa shape index (κ3) is 3.61. The molecule has 3 heterocycles. The van der Waals surface area contributed by atoms with Crippen LogP contribution in [0.5, 0.6) is 5.75 Å². The largest absolute Gasteiger partial charge is 0.497 e. The quantitative estimate of drug-likeness (QED) is 0.429. The molecule has 32 heavy (non-hydrogen) atoms. The molecule has 4 aromatic rings. The minimum Gasteiger partial charge on any atom is -0.497 e. The van der Waals surface area contributed by atoms with Gasteiger partial charge < -0.3 is 19.5 Å². The number of nitrogens with zero attached hydrogens (tertiary/aromatic N) is 3. The Kier molecular flexibility index (Phi) is 5.33. The van der Waals surface area contributed by atoms with Crippen LogP contribution in [-0.2, 0) is 0 Å². The molecular weight excluding hydrogens is 423 g/mol. The number of halogens is 1. The van der Waals surface area contributed by atoms with Gasteiger partial charge in [-0.25, -0.2) is 4.39 Å². The standard InChI is InChI=1S/C25H21FN4OS/c1-31-20-7-4-6-19(16-20)30-24(23(28-25(30)32)21-8-2-3-14-27-21)22-9-5-15-29(22)18-12-10-17(26)11-13-18/h2-16,23-24H,1H3,(H,28,32)/t23-,24+/m0/s1. The van der Waals surface area contributed by atoms with Gasteiger partial charge in [0.15, 0.2) is 5.11 Å². The number of anilines is 1. The number of hydrogen-bond donors (Lipinski definition) is 1. The monoisotopic (exact) mass is 444 g/mol. The van der Waals surface area contributed by atoms with Crippen LogP contribution < -0.4 is 15.0 Å². The first-order chi connectivity index (χ1) is 15.7. The Balaban J connectivity index is 1.66. The summed E-state index contributed by atoms with van der Waals surface area (Å²) in [5, 5.41) is 4.07. The Bertz CT molecular complexity index is 1240. The number of methoxy groups -OCH3 is 1. The molecule has 0 spiro atoms. The molecule has 1 aliphatic rings. The predicted octanol–water partition coefficient (Wildman–Crippen LogP) is 5.20. The molecule has 2 aromatic heterocycles. The van der Waals surface area contributed by atoms with Crippen molar-refractivity contribution in [1.82, 2.24) is 14.9 Å². The summed E-state index contributed by atoms with van der Waals surface area (Å²) >= 11 is 5.79. The van der Waals surface area contributed by atoms with Crippen molar-refractivity contribution in [2.45, 2.75) is 12.1 Å². The summed E-state index contributed by atoms with van der Waals surface area (Å²) in [5.74, 6) is 0.481. The van der Waals surface area contributed by atoms with Crippen LogP contribution in [0.1, 0.15) is 23.5 Å². The zero-order valence-electron chi connectivity index (χ0n) is 17.4. The van der Waals surface area contributed by atoms with E-state index in [-0.39, 0.29) is 17.9 Å². The maximum atomic E-state index is 13.6. The van der Waals surface area contributed by atoms with Gasteiger partial charge in [-0.1, -0.05) is 12.1 Å². The first-order valence-corrected chi connectivity index (χ1v) is 10.6. The molecule has 1 aliphatic heterocycles. The molecule has 1 fully saturated rings. The number of ether oxygens (including phenoxy) is 1. The van der Waals surface area contributed by atoms with E-state index < -0.39 is 0 Å². The molecule has 5 rings (SSSR count). The van der Waals surface area contributed by atoms with Crippen molar-refractivity contribution in [1.29, 1.82) is 0 Å². The maximum Gasteiger partial charge on any atom is 0.174 e. The molecule has 2 atom stereocenters. The van der Waals surface area contributed by atoms with E-state index in [4.69, 9.17) is 17.0 Å². The lowest BCUT2D eigenvalue weighted by Crippen LogP contribution is -2.30. The van der Waals surface area contributed by atoms with E-state index in [2.05, 4.69) is 25.8 Å². The summed E-state index contributed by atoms with van der Waals surface area (Å²) in [7, 11) is 1.65. The normalized spacial score (nSPS) is 17.9. The lowest BCUT2D eigenvalue weighted by Gasteiger charge is -2.29. The topological polar surface area (TPSA) is 42.3 Å². The Morgan fingerprint density at radius 2 is 1.81 bits per heavy atom. The van der Waals surface area contributed by atoms with E-state index in [1.165, 1.54) is 12.1 Å². The number of rotatable bonds is 5. The second kappa shape index (κ2) is 8.43. The SMILES string of the molecule is COc1cccc(N2C(=S)N[C@@H](c3ccccn3)[C@H]2c2cccn2-c2ccc(F)cc2)c1. The molecule has 160 valence electrons. The lowest BCUT2D eigenvalue weighted by molar-refractivity contribution is 0.414. The van der Waals surface area contributed by atoms with Crippen molar-refractivity contribution in [2.24, 2.45) is 0 Å². The van der Waals surface area contributed by atoms with Crippen LogP contribution in [0.15, 0.2) is 91.3 Å². The van der Waals surface area contributed by atoms with E-state index in [1.807, 2.05) is 54.7 Å². The van der Waals surface area contributed by atoms with Crippen LogP contribution in [-0.4, -0.2) is 21.8 Å². The van der Waals surface area contributed by atoms with Crippen LogP contribution >= 0.6 is 12.2 Å². The van der Waals surface area contributed by atoms with Gasteiger partial charge in [0.2, 0.25) is 0 Å². The first-order valence-electron chi connectivity index (χ1n) is 10.2. The fourth-order valence-corrected chi connectivity index (χ4v) is 4.51. The Morgan fingerprint density at radius 3 is 2.56 bits per heavy atom. The first kappa shape index (κ1) is 20.2. The predicted molar refractivity (Wildman–Crippen MR) is 127 cm³/mol. The number of benzene rings is 2. The summed E-state index contributed by atoms with van der Waals surface area (Å²) < 4.78 is 21.1. The van der Waals surface area contributed by atoms with Crippen molar-refractivity contribution in [3.8, 4) is 11.4 Å². The van der Waals surface area contributed by atoms with Crippen molar-refractivity contribution >= 4 is 23.0 Å². The molecule has 5 nitrogen and oxygen atoms in total. The van der Waals surface area contributed by atoms with E-state index >= 15 is 0 Å². The summed E-state index contributed by atoms with van der Waals surface area (Å²) in [5.41, 5.74) is 3.67. The van der Waals surface area contributed by atoms with Crippen molar-refractivity contribution in [3.05, 3.63) is 108 Å². The average molecular weight is 445 g/mol. The summed E-state index contributed by atoms with van der Waals surface area (Å²) in [4.78, 5) is 6.69. The highest BCUT2D eigenvalue weighted by Gasteiger charge is 2.42.